The molecule has 5 rings (SSSR count). The van der Waals surface area contributed by atoms with Crippen LogP contribution < -0.4 is 4.90 Å². The molecule has 43 heavy (non-hydrogen) atoms. The van der Waals surface area contributed by atoms with Gasteiger partial charge < -0.3 is 24.3 Å². The van der Waals surface area contributed by atoms with Gasteiger partial charge in [-0.3, -0.25) is 4.90 Å². The Morgan fingerprint density at radius 2 is 1.60 bits per heavy atom. The molecule has 10 nitrogen and oxygen atoms in total. The van der Waals surface area contributed by atoms with Gasteiger partial charge in [0.2, 0.25) is 5.95 Å². The van der Waals surface area contributed by atoms with Crippen molar-refractivity contribution in [1.29, 1.82) is 0 Å². The number of alkyl halides is 6. The monoisotopic (exact) mass is 618 g/mol. The number of ether oxygens (including phenoxy) is 1. The summed E-state index contributed by atoms with van der Waals surface area (Å²) in [4.78, 5) is 31.6. The quantitative estimate of drug-likeness (QED) is 0.396. The molecule has 2 aliphatic heterocycles. The molecular formula is C27H28F6N4O6. The first-order valence-corrected chi connectivity index (χ1v) is 12.6. The zero-order valence-corrected chi connectivity index (χ0v) is 22.9. The van der Waals surface area contributed by atoms with E-state index in [9.17, 15) is 26.3 Å². The van der Waals surface area contributed by atoms with E-state index in [1.807, 2.05) is 43.4 Å². The predicted molar refractivity (Wildman–Crippen MR) is 139 cm³/mol. The van der Waals surface area contributed by atoms with E-state index >= 15 is 0 Å². The lowest BCUT2D eigenvalue weighted by Crippen LogP contribution is -2.40. The predicted octanol–water partition coefficient (Wildman–Crippen LogP) is 4.74. The van der Waals surface area contributed by atoms with E-state index in [2.05, 4.69) is 34.1 Å². The fraction of sp³-hybridized carbons (Fsp3) is 0.407. The number of carboxylic acids is 2. The summed E-state index contributed by atoms with van der Waals surface area (Å²) in [5, 5.41) is 14.2. The van der Waals surface area contributed by atoms with Crippen molar-refractivity contribution in [3.8, 4) is 11.3 Å². The zero-order chi connectivity index (χ0) is 32.0. The normalized spacial score (nSPS) is 18.1. The molecule has 1 aromatic carbocycles. The highest BCUT2D eigenvalue weighted by Gasteiger charge is 2.45. The first-order valence-electron chi connectivity index (χ1n) is 12.6. The fourth-order valence-corrected chi connectivity index (χ4v) is 4.45. The van der Waals surface area contributed by atoms with Gasteiger partial charge in [0, 0.05) is 38.0 Å². The van der Waals surface area contributed by atoms with E-state index in [0.717, 1.165) is 60.3 Å². The van der Waals surface area contributed by atoms with Crippen LogP contribution in [0.5, 0.6) is 0 Å². The summed E-state index contributed by atoms with van der Waals surface area (Å²) in [6, 6.07) is 14.4. The number of benzene rings is 1. The van der Waals surface area contributed by atoms with Gasteiger partial charge in [-0.2, -0.15) is 26.3 Å². The average molecular weight is 619 g/mol. The molecule has 1 spiro atoms. The maximum atomic E-state index is 10.6. The Morgan fingerprint density at radius 3 is 2.16 bits per heavy atom. The highest BCUT2D eigenvalue weighted by atomic mass is 19.4. The number of carboxylic acid groups (broad SMARTS) is 2. The second-order valence-corrected chi connectivity index (χ2v) is 9.91. The molecule has 4 heterocycles. The zero-order valence-electron chi connectivity index (χ0n) is 22.9. The first-order chi connectivity index (χ1) is 20.0. The van der Waals surface area contributed by atoms with Gasteiger partial charge in [-0.25, -0.2) is 19.6 Å². The number of carbonyl (C=O) groups is 2. The van der Waals surface area contributed by atoms with Gasteiger partial charge in [-0.15, -0.1) is 0 Å². The Bertz CT molecular complexity index is 1370. The second kappa shape index (κ2) is 13.4. The van der Waals surface area contributed by atoms with Crippen LogP contribution in [-0.4, -0.2) is 83.2 Å². The van der Waals surface area contributed by atoms with Gasteiger partial charge >= 0.3 is 24.3 Å². The fourth-order valence-electron chi connectivity index (χ4n) is 4.45. The third-order valence-electron chi connectivity index (χ3n) is 6.41. The molecule has 0 radical (unpaired) electrons. The molecule has 0 amide bonds. The summed E-state index contributed by atoms with van der Waals surface area (Å²) >= 11 is 0. The third kappa shape index (κ3) is 8.90. The van der Waals surface area contributed by atoms with Crippen LogP contribution in [0.25, 0.3) is 11.3 Å². The van der Waals surface area contributed by atoms with Crippen LogP contribution >= 0.6 is 0 Å². The molecule has 1 atom stereocenters. The maximum Gasteiger partial charge on any atom is 0.490 e. The number of furan rings is 1. The summed E-state index contributed by atoms with van der Waals surface area (Å²) in [6.07, 6.45) is -7.20. The van der Waals surface area contributed by atoms with Crippen molar-refractivity contribution in [1.82, 2.24) is 14.9 Å². The van der Waals surface area contributed by atoms with Gasteiger partial charge in [0.15, 0.2) is 0 Å². The summed E-state index contributed by atoms with van der Waals surface area (Å²) < 4.78 is 75.5. The third-order valence-corrected chi connectivity index (χ3v) is 6.41. The van der Waals surface area contributed by atoms with E-state index in [0.29, 0.717) is 13.2 Å². The lowest BCUT2D eigenvalue weighted by atomic mass is 9.80. The number of halogens is 6. The Labute approximate surface area is 241 Å². The van der Waals surface area contributed by atoms with Crippen molar-refractivity contribution < 1.29 is 55.3 Å². The molecule has 1 unspecified atom stereocenters. The topological polar surface area (TPSA) is 129 Å². The van der Waals surface area contributed by atoms with Crippen molar-refractivity contribution in [2.75, 3.05) is 38.7 Å². The molecule has 1 fully saturated rings. The molecule has 0 saturated carbocycles. The smallest absolute Gasteiger partial charge is 0.475 e. The van der Waals surface area contributed by atoms with Crippen molar-refractivity contribution in [3.63, 3.8) is 0 Å². The van der Waals surface area contributed by atoms with Crippen molar-refractivity contribution in [3.05, 3.63) is 65.7 Å². The minimum Gasteiger partial charge on any atom is -0.475 e. The number of anilines is 1. The summed E-state index contributed by atoms with van der Waals surface area (Å²) in [5.41, 5.74) is 3.33. The number of aromatic nitrogens is 2. The van der Waals surface area contributed by atoms with Crippen molar-refractivity contribution in [2.24, 2.45) is 0 Å². The van der Waals surface area contributed by atoms with Crippen LogP contribution in [0.15, 0.2) is 53.1 Å². The van der Waals surface area contributed by atoms with Gasteiger partial charge in [0.25, 0.3) is 0 Å². The van der Waals surface area contributed by atoms with Crippen LogP contribution in [0.2, 0.25) is 0 Å². The molecule has 1 saturated heterocycles. The Hall–Kier alpha value is -4.18. The van der Waals surface area contributed by atoms with E-state index < -0.39 is 24.3 Å². The number of likely N-dealkylation sites (tertiary alicyclic amines) is 1. The number of hydrogen-bond donors (Lipinski definition) is 2. The highest BCUT2D eigenvalue weighted by molar-refractivity contribution is 5.73. The van der Waals surface area contributed by atoms with Gasteiger partial charge in [0.05, 0.1) is 30.9 Å². The Balaban J connectivity index is 0.000000303. The molecule has 234 valence electrons. The molecule has 2 N–H and O–H groups in total. The summed E-state index contributed by atoms with van der Waals surface area (Å²) in [6.45, 7) is 4.05. The van der Waals surface area contributed by atoms with E-state index in [1.54, 1.807) is 0 Å². The number of rotatable bonds is 4. The summed E-state index contributed by atoms with van der Waals surface area (Å²) in [5.74, 6) is -2.83. The number of aliphatic carboxylic acids is 2. The van der Waals surface area contributed by atoms with E-state index in [1.165, 1.54) is 0 Å². The second-order valence-electron chi connectivity index (χ2n) is 9.91. The highest BCUT2D eigenvalue weighted by Crippen LogP contribution is 2.40. The lowest BCUT2D eigenvalue weighted by Gasteiger charge is -2.34. The molecule has 16 heteroatoms. The first kappa shape index (κ1) is 33.3. The average Bonchev–Trinajstić information content (AvgIpc) is 3.57. The number of hydrogen-bond acceptors (Lipinski definition) is 8. The standard InChI is InChI=1S/C23H26N4O2.2C2HF3O2/c1-26(2)22-24-12-18-14-28-16-23(21(18)25-22)10-11-27(15-23)13-19-8-9-20(29-19)17-6-4-3-5-7-17;2*3-2(4,5)1(6)7/h3-9,12H,10-11,13-16H2,1-2H3;2*(H,6,7). The number of fused-ring (bicyclic) bond motifs is 2. The summed E-state index contributed by atoms with van der Waals surface area (Å²) in [7, 11) is 3.96. The molecule has 0 aliphatic carbocycles. The van der Waals surface area contributed by atoms with Crippen LogP contribution in [0.4, 0.5) is 32.3 Å². The van der Waals surface area contributed by atoms with Crippen molar-refractivity contribution >= 4 is 17.9 Å². The van der Waals surface area contributed by atoms with Gasteiger partial charge in [0.1, 0.15) is 11.5 Å². The molecule has 2 aromatic heterocycles. The molecular weight excluding hydrogens is 590 g/mol. The molecule has 2 aliphatic rings. The Kier molecular flexibility index (Phi) is 10.4. The lowest BCUT2D eigenvalue weighted by molar-refractivity contribution is -0.193. The van der Waals surface area contributed by atoms with Crippen molar-refractivity contribution in [2.45, 2.75) is 37.3 Å². The van der Waals surface area contributed by atoms with Gasteiger partial charge in [-0.05, 0) is 25.1 Å². The van der Waals surface area contributed by atoms with E-state index in [-0.39, 0.29) is 5.41 Å². The minimum absolute atomic E-state index is 0.0594. The van der Waals surface area contributed by atoms with Crippen LogP contribution in [0.1, 0.15) is 23.4 Å². The number of nitrogens with zero attached hydrogens (tertiary/aromatic N) is 4. The largest absolute Gasteiger partial charge is 0.490 e. The van der Waals surface area contributed by atoms with Crippen LogP contribution in [0.3, 0.4) is 0 Å². The minimum atomic E-state index is -5.08. The van der Waals surface area contributed by atoms with Gasteiger partial charge in [-0.1, -0.05) is 30.3 Å². The van der Waals surface area contributed by atoms with Crippen LogP contribution in [0, 0.1) is 0 Å². The molecule has 3 aromatic rings. The molecule has 0 bridgehead atoms. The Morgan fingerprint density at radius 1 is 1.00 bits per heavy atom. The van der Waals surface area contributed by atoms with Crippen LogP contribution in [-0.2, 0) is 32.9 Å². The maximum absolute atomic E-state index is 10.6. The van der Waals surface area contributed by atoms with E-state index in [4.69, 9.17) is 33.9 Å². The SMILES string of the molecule is CN(C)c1ncc2c(n1)C1(CCN(Cc3ccc(-c4ccccc4)o3)C1)COC2.O=C(O)C(F)(F)F.O=C(O)C(F)(F)F.